The fraction of sp³-hybridized carbons (Fsp3) is 0.0455. The number of hydrogen-bond acceptors (Lipinski definition) is 6. The van der Waals surface area contributed by atoms with Crippen molar-refractivity contribution in [3.8, 4) is 22.6 Å². The molecule has 0 unspecified atom stereocenters. The summed E-state index contributed by atoms with van der Waals surface area (Å²) < 4.78 is 11.4. The molecule has 0 amide bonds. The average Bonchev–Trinajstić information content (AvgIpc) is 2.73. The Bertz CT molecular complexity index is 1200. The molecule has 3 N–H and O–H groups in total. The van der Waals surface area contributed by atoms with E-state index in [-0.39, 0.29) is 17.8 Å². The summed E-state index contributed by atoms with van der Waals surface area (Å²) in [4.78, 5) is 12.8. The van der Waals surface area contributed by atoms with Crippen molar-refractivity contribution in [1.29, 1.82) is 0 Å². The van der Waals surface area contributed by atoms with Crippen LogP contribution < -0.4 is 15.6 Å². The van der Waals surface area contributed by atoms with Gasteiger partial charge >= 0.3 is 7.12 Å². The summed E-state index contributed by atoms with van der Waals surface area (Å²) in [5.74, 6) is 0.673. The van der Waals surface area contributed by atoms with Crippen LogP contribution in [0, 0.1) is 0 Å². The van der Waals surface area contributed by atoms with Gasteiger partial charge in [0.15, 0.2) is 5.43 Å². The lowest BCUT2D eigenvalue weighted by molar-refractivity contribution is 0.306. The summed E-state index contributed by atoms with van der Waals surface area (Å²) in [5.41, 5.74) is 2.59. The van der Waals surface area contributed by atoms with Crippen LogP contribution in [-0.4, -0.2) is 22.3 Å². The van der Waals surface area contributed by atoms with Crippen LogP contribution in [0.5, 0.6) is 11.5 Å². The van der Waals surface area contributed by atoms with E-state index in [1.165, 1.54) is 18.4 Å². The van der Waals surface area contributed by atoms with Gasteiger partial charge in [0.2, 0.25) is 0 Å². The first-order chi connectivity index (χ1) is 14.0. The minimum atomic E-state index is -1.50. The molecule has 29 heavy (non-hydrogen) atoms. The summed E-state index contributed by atoms with van der Waals surface area (Å²) in [6.45, 7) is 0.281. The van der Waals surface area contributed by atoms with E-state index in [2.05, 4.69) is 0 Å². The van der Waals surface area contributed by atoms with Gasteiger partial charge in [0.25, 0.3) is 0 Å². The molecule has 0 atom stereocenters. The number of aromatic hydroxyl groups is 1. The second-order valence-electron chi connectivity index (χ2n) is 6.59. The van der Waals surface area contributed by atoms with E-state index >= 15 is 0 Å². The quantitative estimate of drug-likeness (QED) is 0.454. The summed E-state index contributed by atoms with van der Waals surface area (Å²) in [5, 5.41) is 28.1. The molecule has 4 aromatic rings. The van der Waals surface area contributed by atoms with Crippen molar-refractivity contribution in [2.45, 2.75) is 6.61 Å². The zero-order chi connectivity index (χ0) is 20.4. The fourth-order valence-corrected chi connectivity index (χ4v) is 2.99. The Kier molecular flexibility index (Phi) is 5.08. The first kappa shape index (κ1) is 18.8. The van der Waals surface area contributed by atoms with Crippen LogP contribution in [0.2, 0.25) is 0 Å². The monoisotopic (exact) mass is 388 g/mol. The van der Waals surface area contributed by atoms with Crippen molar-refractivity contribution >= 4 is 23.6 Å². The highest BCUT2D eigenvalue weighted by molar-refractivity contribution is 6.58. The molecule has 0 aliphatic carbocycles. The molecule has 4 rings (SSSR count). The Morgan fingerprint density at radius 3 is 2.34 bits per heavy atom. The Balaban J connectivity index is 1.56. The van der Waals surface area contributed by atoms with E-state index < -0.39 is 7.12 Å². The van der Waals surface area contributed by atoms with Gasteiger partial charge in [-0.25, -0.2) is 0 Å². The van der Waals surface area contributed by atoms with Crippen molar-refractivity contribution in [3.05, 3.63) is 88.8 Å². The Hall–Kier alpha value is -3.55. The lowest BCUT2D eigenvalue weighted by atomic mass is 9.80. The Labute approximate surface area is 166 Å². The van der Waals surface area contributed by atoms with E-state index in [4.69, 9.17) is 19.2 Å². The number of ether oxygens (including phenoxy) is 1. The van der Waals surface area contributed by atoms with Crippen molar-refractivity contribution in [3.63, 3.8) is 0 Å². The van der Waals surface area contributed by atoms with E-state index in [1.807, 2.05) is 0 Å². The molecule has 6 nitrogen and oxygen atoms in total. The van der Waals surface area contributed by atoms with Crippen LogP contribution in [0.15, 0.2) is 82.2 Å². The number of rotatable bonds is 5. The normalized spacial score (nSPS) is 10.8. The van der Waals surface area contributed by atoms with Gasteiger partial charge in [0.1, 0.15) is 30.0 Å². The van der Waals surface area contributed by atoms with Gasteiger partial charge in [-0.2, -0.15) is 0 Å². The molecular weight excluding hydrogens is 371 g/mol. The second kappa shape index (κ2) is 7.83. The zero-order valence-corrected chi connectivity index (χ0v) is 15.3. The SMILES string of the molecule is O=c1c(-c2ccc(O)cc2)coc2cc(OCc3ccc(B(O)O)cc3)ccc12. The molecule has 0 radical (unpaired) electrons. The van der Waals surface area contributed by atoms with E-state index in [0.29, 0.717) is 33.3 Å². The predicted octanol–water partition coefficient (Wildman–Crippen LogP) is 2.42. The van der Waals surface area contributed by atoms with Crippen molar-refractivity contribution < 1.29 is 24.3 Å². The number of phenolic OH excluding ortho intramolecular Hbond substituents is 1. The van der Waals surface area contributed by atoms with Gasteiger partial charge in [-0.1, -0.05) is 36.4 Å². The van der Waals surface area contributed by atoms with E-state index in [0.717, 1.165) is 5.56 Å². The van der Waals surface area contributed by atoms with Gasteiger partial charge in [-0.15, -0.1) is 0 Å². The molecule has 3 aromatic carbocycles. The van der Waals surface area contributed by atoms with E-state index in [9.17, 15) is 9.90 Å². The second-order valence-corrected chi connectivity index (χ2v) is 6.59. The molecular formula is C22H17BO6. The summed E-state index contributed by atoms with van der Waals surface area (Å²) >= 11 is 0. The number of hydrogen-bond donors (Lipinski definition) is 3. The van der Waals surface area contributed by atoms with Crippen LogP contribution in [-0.2, 0) is 6.61 Å². The lowest BCUT2D eigenvalue weighted by Crippen LogP contribution is -2.29. The van der Waals surface area contributed by atoms with Gasteiger partial charge in [-0.3, -0.25) is 4.79 Å². The van der Waals surface area contributed by atoms with Crippen molar-refractivity contribution in [2.24, 2.45) is 0 Å². The van der Waals surface area contributed by atoms with Crippen LogP contribution in [0.25, 0.3) is 22.1 Å². The van der Waals surface area contributed by atoms with Crippen LogP contribution >= 0.6 is 0 Å². The highest BCUT2D eigenvalue weighted by Crippen LogP contribution is 2.24. The molecule has 7 heteroatoms. The number of benzene rings is 3. The third-order valence-electron chi connectivity index (χ3n) is 4.61. The molecule has 0 saturated heterocycles. The maximum Gasteiger partial charge on any atom is 0.488 e. The largest absolute Gasteiger partial charge is 0.508 e. The molecule has 0 spiro atoms. The summed E-state index contributed by atoms with van der Waals surface area (Å²) in [6.07, 6.45) is 1.40. The topological polar surface area (TPSA) is 100 Å². The number of phenols is 1. The maximum atomic E-state index is 12.8. The highest BCUT2D eigenvalue weighted by atomic mass is 16.5. The minimum Gasteiger partial charge on any atom is -0.508 e. The van der Waals surface area contributed by atoms with Crippen molar-refractivity contribution in [1.82, 2.24) is 0 Å². The molecule has 1 aromatic heterocycles. The average molecular weight is 388 g/mol. The molecule has 0 fully saturated rings. The first-order valence-electron chi connectivity index (χ1n) is 8.94. The zero-order valence-electron chi connectivity index (χ0n) is 15.3. The molecule has 1 heterocycles. The Morgan fingerprint density at radius 2 is 1.66 bits per heavy atom. The van der Waals surface area contributed by atoms with Crippen LogP contribution in [0.1, 0.15) is 5.56 Å². The molecule has 0 bridgehead atoms. The third-order valence-corrected chi connectivity index (χ3v) is 4.61. The summed E-state index contributed by atoms with van der Waals surface area (Å²) in [6, 6.07) is 18.1. The minimum absolute atomic E-state index is 0.128. The summed E-state index contributed by atoms with van der Waals surface area (Å²) in [7, 11) is -1.50. The molecule has 0 aliphatic heterocycles. The van der Waals surface area contributed by atoms with Gasteiger partial charge in [-0.05, 0) is 40.9 Å². The molecule has 0 aliphatic rings. The highest BCUT2D eigenvalue weighted by Gasteiger charge is 2.11. The van der Waals surface area contributed by atoms with Crippen LogP contribution in [0.4, 0.5) is 0 Å². The van der Waals surface area contributed by atoms with E-state index in [1.54, 1.807) is 54.6 Å². The lowest BCUT2D eigenvalue weighted by Gasteiger charge is -2.08. The van der Waals surface area contributed by atoms with Gasteiger partial charge in [0.05, 0.1) is 10.9 Å². The standard InChI is InChI=1S/C22H17BO6/c24-17-7-3-15(4-8-17)20-13-29-21-11-18(9-10-19(21)22(20)25)28-12-14-1-5-16(6-2-14)23(26)27/h1-11,13,24,26-27H,12H2. The smallest absolute Gasteiger partial charge is 0.488 e. The molecule has 0 saturated carbocycles. The van der Waals surface area contributed by atoms with Crippen LogP contribution in [0.3, 0.4) is 0 Å². The van der Waals surface area contributed by atoms with Gasteiger partial charge in [0, 0.05) is 6.07 Å². The first-order valence-corrected chi connectivity index (χ1v) is 8.94. The Morgan fingerprint density at radius 1 is 0.931 bits per heavy atom. The molecule has 144 valence electrons. The number of fused-ring (bicyclic) bond motifs is 1. The third kappa shape index (κ3) is 4.01. The van der Waals surface area contributed by atoms with Crippen molar-refractivity contribution in [2.75, 3.05) is 0 Å². The predicted molar refractivity (Wildman–Crippen MR) is 110 cm³/mol. The maximum absolute atomic E-state index is 12.8. The van der Waals surface area contributed by atoms with Gasteiger partial charge < -0.3 is 24.3 Å². The fourth-order valence-electron chi connectivity index (χ4n) is 2.99.